The molecule has 1 saturated carbocycles. The average Bonchev–Trinajstić information content (AvgIpc) is 3.29. The van der Waals surface area contributed by atoms with Crippen molar-refractivity contribution >= 4 is 17.8 Å². The Hall–Kier alpha value is -3.35. The van der Waals surface area contributed by atoms with Gasteiger partial charge in [0.15, 0.2) is 0 Å². The molecule has 1 saturated heterocycles. The van der Waals surface area contributed by atoms with E-state index < -0.39 is 12.0 Å². The Morgan fingerprint density at radius 3 is 2.21 bits per heavy atom. The highest BCUT2D eigenvalue weighted by Gasteiger charge is 2.27. The first-order valence-electron chi connectivity index (χ1n) is 15.9. The number of ether oxygens (including phenoxy) is 2. The first-order chi connectivity index (χ1) is 20.5. The van der Waals surface area contributed by atoms with Gasteiger partial charge < -0.3 is 19.7 Å². The topological polar surface area (TPSA) is 84.9 Å². The summed E-state index contributed by atoms with van der Waals surface area (Å²) >= 11 is 0. The number of carbonyl (C=O) groups is 3. The molecule has 2 fully saturated rings. The molecule has 0 radical (unpaired) electrons. The van der Waals surface area contributed by atoms with E-state index in [4.69, 9.17) is 9.47 Å². The molecule has 1 N–H and O–H groups in total. The van der Waals surface area contributed by atoms with E-state index >= 15 is 0 Å². The number of rotatable bonds is 13. The lowest BCUT2D eigenvalue weighted by atomic mass is 9.92. The number of amides is 2. The van der Waals surface area contributed by atoms with Gasteiger partial charge in [0.1, 0.15) is 18.4 Å². The van der Waals surface area contributed by atoms with Crippen LogP contribution in [0.25, 0.3) is 0 Å². The summed E-state index contributed by atoms with van der Waals surface area (Å²) in [7, 11) is 1.34. The molecule has 1 heterocycles. The zero-order valence-corrected chi connectivity index (χ0v) is 25.2. The van der Waals surface area contributed by atoms with Gasteiger partial charge in [0, 0.05) is 32.4 Å². The SMILES string of the molecule is COC(=O)C(Cc1ccc(OCc2ccccc2)cc1)NC(=O)CC1CCN(C(=O)CCCC2CCCCCC2)CC1. The van der Waals surface area contributed by atoms with Gasteiger partial charge in [-0.2, -0.15) is 0 Å². The first-order valence-corrected chi connectivity index (χ1v) is 15.9. The molecule has 228 valence electrons. The fraction of sp³-hybridized carbons (Fsp3) is 0.571. The molecule has 0 bridgehead atoms. The van der Waals surface area contributed by atoms with E-state index in [2.05, 4.69) is 5.32 Å². The second kappa shape index (κ2) is 16.9. The van der Waals surface area contributed by atoms with Crippen molar-refractivity contribution in [2.75, 3.05) is 20.2 Å². The molecule has 2 amide bonds. The summed E-state index contributed by atoms with van der Waals surface area (Å²) in [6, 6.07) is 16.8. The van der Waals surface area contributed by atoms with Crippen LogP contribution in [0.1, 0.15) is 88.2 Å². The number of methoxy groups -OCH3 is 1. The Morgan fingerprint density at radius 2 is 1.55 bits per heavy atom. The van der Waals surface area contributed by atoms with Crippen LogP contribution in [-0.4, -0.2) is 48.9 Å². The van der Waals surface area contributed by atoms with Crippen LogP contribution in [0.4, 0.5) is 0 Å². The molecule has 1 unspecified atom stereocenters. The normalized spacial score (nSPS) is 17.2. The third-order valence-corrected chi connectivity index (χ3v) is 8.85. The van der Waals surface area contributed by atoms with Gasteiger partial charge in [-0.15, -0.1) is 0 Å². The van der Waals surface area contributed by atoms with Gasteiger partial charge in [-0.1, -0.05) is 81.0 Å². The summed E-state index contributed by atoms with van der Waals surface area (Å²) in [6.07, 6.45) is 13.2. The summed E-state index contributed by atoms with van der Waals surface area (Å²) < 4.78 is 10.8. The standard InChI is InChI=1S/C35H48N2O5/c1-41-35(40)32(24-28-16-18-31(19-17-28)42-26-30-12-7-4-8-13-30)36-33(38)25-29-20-22-37(23-21-29)34(39)15-9-14-27-10-5-2-3-6-11-27/h4,7-8,12-13,16-19,27,29,32H,2-3,5-6,9-11,14-15,20-26H2,1H3,(H,36,38). The number of likely N-dealkylation sites (tertiary alicyclic amines) is 1. The number of piperidine rings is 1. The maximum absolute atomic E-state index is 12.9. The summed E-state index contributed by atoms with van der Waals surface area (Å²) in [5, 5.41) is 2.90. The Morgan fingerprint density at radius 1 is 0.857 bits per heavy atom. The van der Waals surface area contributed by atoms with Crippen molar-refractivity contribution in [1.82, 2.24) is 10.2 Å². The Labute approximate surface area is 251 Å². The van der Waals surface area contributed by atoms with Crippen LogP contribution in [0, 0.1) is 11.8 Å². The van der Waals surface area contributed by atoms with Crippen LogP contribution in [0.15, 0.2) is 54.6 Å². The smallest absolute Gasteiger partial charge is 0.328 e. The Balaban J connectivity index is 1.17. The van der Waals surface area contributed by atoms with E-state index in [1.54, 1.807) is 0 Å². The maximum atomic E-state index is 12.9. The first kappa shape index (κ1) is 31.6. The molecule has 2 aromatic rings. The lowest BCUT2D eigenvalue weighted by Gasteiger charge is -2.32. The largest absolute Gasteiger partial charge is 0.489 e. The number of nitrogens with zero attached hydrogens (tertiary/aromatic N) is 1. The van der Waals surface area contributed by atoms with Gasteiger partial charge in [-0.25, -0.2) is 4.79 Å². The molecule has 1 atom stereocenters. The number of esters is 1. The van der Waals surface area contributed by atoms with Crippen molar-refractivity contribution in [3.05, 3.63) is 65.7 Å². The molecule has 1 aliphatic heterocycles. The van der Waals surface area contributed by atoms with Crippen LogP contribution >= 0.6 is 0 Å². The highest BCUT2D eigenvalue weighted by Crippen LogP contribution is 2.27. The second-order valence-electron chi connectivity index (χ2n) is 12.0. The van der Waals surface area contributed by atoms with Gasteiger partial charge in [-0.05, 0) is 60.8 Å². The molecule has 4 rings (SSSR count). The van der Waals surface area contributed by atoms with Crippen molar-refractivity contribution in [2.24, 2.45) is 11.8 Å². The van der Waals surface area contributed by atoms with Crippen LogP contribution in [0.5, 0.6) is 5.75 Å². The minimum Gasteiger partial charge on any atom is -0.489 e. The molecule has 7 nitrogen and oxygen atoms in total. The predicted octanol–water partition coefficient (Wildman–Crippen LogP) is 6.24. The summed E-state index contributed by atoms with van der Waals surface area (Å²) in [5.41, 5.74) is 2.00. The third kappa shape index (κ3) is 10.5. The summed E-state index contributed by atoms with van der Waals surface area (Å²) in [6.45, 7) is 1.90. The molecule has 0 aromatic heterocycles. The zero-order chi connectivity index (χ0) is 29.6. The van der Waals surface area contributed by atoms with E-state index in [1.165, 1.54) is 52.1 Å². The molecule has 0 spiro atoms. The fourth-order valence-corrected chi connectivity index (χ4v) is 6.29. The average molecular weight is 577 g/mol. The lowest BCUT2D eigenvalue weighted by molar-refractivity contribution is -0.145. The van der Waals surface area contributed by atoms with Gasteiger partial charge in [0.05, 0.1) is 7.11 Å². The third-order valence-electron chi connectivity index (χ3n) is 8.85. The Kier molecular flexibility index (Phi) is 12.7. The number of nitrogens with one attached hydrogen (secondary N) is 1. The van der Waals surface area contributed by atoms with E-state index in [0.29, 0.717) is 39.0 Å². The van der Waals surface area contributed by atoms with Crippen LogP contribution in [0.2, 0.25) is 0 Å². The number of hydrogen-bond donors (Lipinski definition) is 1. The summed E-state index contributed by atoms with van der Waals surface area (Å²) in [4.78, 5) is 40.2. The van der Waals surface area contributed by atoms with Crippen molar-refractivity contribution in [3.8, 4) is 5.75 Å². The molecule has 7 heteroatoms. The minimum atomic E-state index is -0.756. The van der Waals surface area contributed by atoms with Crippen molar-refractivity contribution in [2.45, 2.75) is 96.1 Å². The summed E-state index contributed by atoms with van der Waals surface area (Å²) in [5.74, 6) is 1.40. The molecule has 1 aliphatic carbocycles. The van der Waals surface area contributed by atoms with Crippen molar-refractivity contribution in [3.63, 3.8) is 0 Å². The van der Waals surface area contributed by atoms with Gasteiger partial charge in [0.25, 0.3) is 0 Å². The van der Waals surface area contributed by atoms with Gasteiger partial charge in [-0.3, -0.25) is 9.59 Å². The van der Waals surface area contributed by atoms with Gasteiger partial charge >= 0.3 is 5.97 Å². The predicted molar refractivity (Wildman–Crippen MR) is 164 cm³/mol. The number of hydrogen-bond acceptors (Lipinski definition) is 5. The molecule has 2 aliphatic rings. The van der Waals surface area contributed by atoms with Crippen LogP contribution in [-0.2, 0) is 32.1 Å². The van der Waals surface area contributed by atoms with Crippen LogP contribution < -0.4 is 10.1 Å². The van der Waals surface area contributed by atoms with Gasteiger partial charge in [0.2, 0.25) is 11.8 Å². The highest BCUT2D eigenvalue weighted by molar-refractivity contribution is 5.84. The van der Waals surface area contributed by atoms with Crippen LogP contribution in [0.3, 0.4) is 0 Å². The number of benzene rings is 2. The Bertz CT molecular complexity index is 1100. The van der Waals surface area contributed by atoms with E-state index in [1.807, 2.05) is 59.5 Å². The van der Waals surface area contributed by atoms with E-state index in [0.717, 1.165) is 42.1 Å². The quantitative estimate of drug-likeness (QED) is 0.226. The minimum absolute atomic E-state index is 0.151. The van der Waals surface area contributed by atoms with E-state index in [9.17, 15) is 14.4 Å². The highest BCUT2D eigenvalue weighted by atomic mass is 16.5. The maximum Gasteiger partial charge on any atom is 0.328 e. The fourth-order valence-electron chi connectivity index (χ4n) is 6.29. The molecular weight excluding hydrogens is 528 g/mol. The van der Waals surface area contributed by atoms with E-state index in [-0.39, 0.29) is 17.7 Å². The zero-order valence-electron chi connectivity index (χ0n) is 25.2. The monoisotopic (exact) mass is 576 g/mol. The molecule has 2 aromatic carbocycles. The second-order valence-corrected chi connectivity index (χ2v) is 12.0. The molecular formula is C35H48N2O5. The van der Waals surface area contributed by atoms with Crippen molar-refractivity contribution in [1.29, 1.82) is 0 Å². The lowest BCUT2D eigenvalue weighted by Crippen LogP contribution is -2.44. The number of carbonyl (C=O) groups excluding carboxylic acids is 3. The van der Waals surface area contributed by atoms with Crippen molar-refractivity contribution < 1.29 is 23.9 Å². The molecule has 42 heavy (non-hydrogen) atoms.